The normalized spacial score (nSPS) is 17.4. The molecular formula is C20H21FN2O2. The molecule has 0 N–H and O–H groups in total. The molecule has 1 aliphatic heterocycles. The number of amides is 2. The fraction of sp³-hybridized carbons (Fsp3) is 0.300. The molecule has 25 heavy (non-hydrogen) atoms. The highest BCUT2D eigenvalue weighted by atomic mass is 19.1. The largest absolute Gasteiger partial charge is 0.338 e. The first-order valence-corrected chi connectivity index (χ1v) is 8.39. The Morgan fingerprint density at radius 1 is 1.08 bits per heavy atom. The molecule has 4 nitrogen and oxygen atoms in total. The first-order valence-electron chi connectivity index (χ1n) is 8.39. The number of hydrogen-bond acceptors (Lipinski definition) is 2. The van der Waals surface area contributed by atoms with Crippen molar-refractivity contribution in [3.05, 3.63) is 71.5 Å². The summed E-state index contributed by atoms with van der Waals surface area (Å²) in [7, 11) is 0. The van der Waals surface area contributed by atoms with Crippen LogP contribution >= 0.6 is 0 Å². The van der Waals surface area contributed by atoms with Crippen LogP contribution in [0.4, 0.5) is 4.39 Å². The van der Waals surface area contributed by atoms with E-state index in [2.05, 4.69) is 0 Å². The van der Waals surface area contributed by atoms with Crippen LogP contribution in [0.3, 0.4) is 0 Å². The zero-order chi connectivity index (χ0) is 17.8. The summed E-state index contributed by atoms with van der Waals surface area (Å²) in [6.07, 6.45) is 0.166. The second-order valence-corrected chi connectivity index (χ2v) is 6.29. The van der Waals surface area contributed by atoms with Crippen molar-refractivity contribution >= 4 is 11.8 Å². The molecule has 130 valence electrons. The Morgan fingerprint density at radius 2 is 1.84 bits per heavy atom. The molecule has 1 unspecified atom stereocenters. The number of piperazine rings is 1. The maximum Gasteiger partial charge on any atom is 0.227 e. The lowest BCUT2D eigenvalue weighted by atomic mass is 10.0. The third-order valence-corrected chi connectivity index (χ3v) is 4.57. The van der Waals surface area contributed by atoms with Gasteiger partial charge < -0.3 is 9.80 Å². The van der Waals surface area contributed by atoms with Crippen LogP contribution in [-0.2, 0) is 16.0 Å². The second kappa shape index (κ2) is 7.47. The minimum absolute atomic E-state index is 0.00563. The Kier molecular flexibility index (Phi) is 5.12. The van der Waals surface area contributed by atoms with E-state index in [1.54, 1.807) is 28.9 Å². The number of hydrogen-bond donors (Lipinski definition) is 0. The lowest BCUT2D eigenvalue weighted by molar-refractivity contribution is -0.141. The molecule has 0 aromatic heterocycles. The molecule has 3 rings (SSSR count). The zero-order valence-electron chi connectivity index (χ0n) is 14.2. The van der Waals surface area contributed by atoms with Gasteiger partial charge in [0.15, 0.2) is 0 Å². The molecule has 1 saturated heterocycles. The van der Waals surface area contributed by atoms with Crippen LogP contribution in [0.2, 0.25) is 0 Å². The van der Waals surface area contributed by atoms with E-state index < -0.39 is 0 Å². The minimum atomic E-state index is -0.339. The van der Waals surface area contributed by atoms with Gasteiger partial charge in [-0.2, -0.15) is 0 Å². The molecule has 0 bridgehead atoms. The third-order valence-electron chi connectivity index (χ3n) is 4.57. The monoisotopic (exact) mass is 340 g/mol. The maximum absolute atomic E-state index is 13.3. The van der Waals surface area contributed by atoms with Gasteiger partial charge in [0.05, 0.1) is 12.5 Å². The topological polar surface area (TPSA) is 40.6 Å². The van der Waals surface area contributed by atoms with E-state index >= 15 is 0 Å². The fourth-order valence-corrected chi connectivity index (χ4v) is 3.28. The predicted octanol–water partition coefficient (Wildman–Crippen LogP) is 2.80. The molecular weight excluding hydrogens is 319 g/mol. The van der Waals surface area contributed by atoms with Gasteiger partial charge in [0.1, 0.15) is 5.82 Å². The van der Waals surface area contributed by atoms with Gasteiger partial charge >= 0.3 is 0 Å². The Bertz CT molecular complexity index is 763. The minimum Gasteiger partial charge on any atom is -0.338 e. The van der Waals surface area contributed by atoms with E-state index in [0.29, 0.717) is 25.2 Å². The molecule has 1 aliphatic rings. The fourth-order valence-electron chi connectivity index (χ4n) is 3.28. The van der Waals surface area contributed by atoms with E-state index in [9.17, 15) is 14.0 Å². The lowest BCUT2D eigenvalue weighted by Gasteiger charge is -2.41. The second-order valence-electron chi connectivity index (χ2n) is 6.29. The molecule has 1 heterocycles. The van der Waals surface area contributed by atoms with Gasteiger partial charge in [-0.1, -0.05) is 42.5 Å². The average molecular weight is 340 g/mol. The van der Waals surface area contributed by atoms with Crippen LogP contribution in [0.25, 0.3) is 0 Å². The van der Waals surface area contributed by atoms with Gasteiger partial charge in [-0.15, -0.1) is 0 Å². The standard InChI is InChI=1S/C20H21FN2O2/c1-15(24)23-11-10-22(14-19(23)17-7-3-2-4-8-17)20(25)13-16-6-5-9-18(21)12-16/h2-9,12,19H,10-11,13-14H2,1H3. The maximum atomic E-state index is 13.3. The highest BCUT2D eigenvalue weighted by Gasteiger charge is 2.31. The summed E-state index contributed by atoms with van der Waals surface area (Å²) in [6.45, 7) is 3.01. The molecule has 5 heteroatoms. The van der Waals surface area contributed by atoms with Crippen LogP contribution in [0, 0.1) is 5.82 Å². The number of carbonyl (C=O) groups is 2. The van der Waals surface area contributed by atoms with Gasteiger partial charge in [-0.05, 0) is 23.3 Å². The van der Waals surface area contributed by atoms with Crippen LogP contribution in [-0.4, -0.2) is 41.2 Å². The van der Waals surface area contributed by atoms with E-state index in [4.69, 9.17) is 0 Å². The van der Waals surface area contributed by atoms with Gasteiger partial charge in [-0.25, -0.2) is 4.39 Å². The number of carbonyl (C=O) groups excluding carboxylic acids is 2. The summed E-state index contributed by atoms with van der Waals surface area (Å²) in [5.74, 6) is -0.380. The summed E-state index contributed by atoms with van der Waals surface area (Å²) in [5.41, 5.74) is 1.68. The molecule has 1 atom stereocenters. The Morgan fingerprint density at radius 3 is 2.52 bits per heavy atom. The van der Waals surface area contributed by atoms with Crippen molar-refractivity contribution in [3.8, 4) is 0 Å². The third kappa shape index (κ3) is 4.05. The molecule has 1 fully saturated rings. The van der Waals surface area contributed by atoms with Crippen molar-refractivity contribution in [1.82, 2.24) is 9.80 Å². The molecule has 2 aromatic carbocycles. The zero-order valence-corrected chi connectivity index (χ0v) is 14.2. The Labute approximate surface area is 146 Å². The van der Waals surface area contributed by atoms with Crippen molar-refractivity contribution in [3.63, 3.8) is 0 Å². The van der Waals surface area contributed by atoms with Gasteiger partial charge in [0, 0.05) is 26.6 Å². The molecule has 2 aromatic rings. The molecule has 0 aliphatic carbocycles. The SMILES string of the molecule is CC(=O)N1CCN(C(=O)Cc2cccc(F)c2)CC1c1ccccc1. The number of benzene rings is 2. The molecule has 0 radical (unpaired) electrons. The summed E-state index contributed by atoms with van der Waals surface area (Å²) >= 11 is 0. The highest BCUT2D eigenvalue weighted by Crippen LogP contribution is 2.26. The van der Waals surface area contributed by atoms with E-state index in [-0.39, 0.29) is 30.1 Å². The summed E-state index contributed by atoms with van der Waals surface area (Å²) in [4.78, 5) is 28.2. The van der Waals surface area contributed by atoms with Crippen molar-refractivity contribution in [2.45, 2.75) is 19.4 Å². The molecule has 0 saturated carbocycles. The van der Waals surface area contributed by atoms with Crippen molar-refractivity contribution in [1.29, 1.82) is 0 Å². The van der Waals surface area contributed by atoms with Crippen LogP contribution in [0.15, 0.2) is 54.6 Å². The van der Waals surface area contributed by atoms with Gasteiger partial charge in [0.25, 0.3) is 0 Å². The first kappa shape index (κ1) is 17.1. The molecule has 0 spiro atoms. The predicted molar refractivity (Wildman–Crippen MR) is 93.3 cm³/mol. The Hall–Kier alpha value is -2.69. The summed E-state index contributed by atoms with van der Waals surface area (Å²) in [5, 5.41) is 0. The highest BCUT2D eigenvalue weighted by molar-refractivity contribution is 5.80. The van der Waals surface area contributed by atoms with E-state index in [1.807, 2.05) is 30.3 Å². The smallest absolute Gasteiger partial charge is 0.227 e. The van der Waals surface area contributed by atoms with E-state index in [0.717, 1.165) is 5.56 Å². The number of nitrogens with zero attached hydrogens (tertiary/aromatic N) is 2. The molecule has 2 amide bonds. The number of halogens is 1. The van der Waals surface area contributed by atoms with Crippen molar-refractivity contribution in [2.24, 2.45) is 0 Å². The van der Waals surface area contributed by atoms with Crippen molar-refractivity contribution < 1.29 is 14.0 Å². The summed E-state index contributed by atoms with van der Waals surface area (Å²) < 4.78 is 13.3. The lowest BCUT2D eigenvalue weighted by Crippen LogP contribution is -2.52. The van der Waals surface area contributed by atoms with Crippen LogP contribution in [0.1, 0.15) is 24.1 Å². The first-order chi connectivity index (χ1) is 12.0. The number of rotatable bonds is 3. The average Bonchev–Trinajstić information content (AvgIpc) is 2.62. The van der Waals surface area contributed by atoms with Crippen molar-refractivity contribution in [2.75, 3.05) is 19.6 Å². The quantitative estimate of drug-likeness (QED) is 0.862. The van der Waals surface area contributed by atoms with Gasteiger partial charge in [0.2, 0.25) is 11.8 Å². The van der Waals surface area contributed by atoms with E-state index in [1.165, 1.54) is 12.1 Å². The van der Waals surface area contributed by atoms with Crippen LogP contribution < -0.4 is 0 Å². The Balaban J connectivity index is 1.75. The summed E-state index contributed by atoms with van der Waals surface area (Å²) in [6, 6.07) is 15.7. The van der Waals surface area contributed by atoms with Crippen LogP contribution in [0.5, 0.6) is 0 Å². The van der Waals surface area contributed by atoms with Gasteiger partial charge in [-0.3, -0.25) is 9.59 Å².